The maximum atomic E-state index is 9.79. The van der Waals surface area contributed by atoms with Crippen LogP contribution in [0.4, 0.5) is 0 Å². The van der Waals surface area contributed by atoms with Gasteiger partial charge in [-0.2, -0.15) is 0 Å². The fourth-order valence-corrected chi connectivity index (χ4v) is 0.110. The molecule has 2 N–H and O–H groups in total. The van der Waals surface area contributed by atoms with Gasteiger partial charge in [0.25, 0.3) is 0 Å². The normalized spacial score (nSPS) is 10.3. The molecule has 0 bridgehead atoms. The topological polar surface area (TPSA) is 59.6 Å². The Morgan fingerprint density at radius 2 is 2.29 bits per heavy atom. The molecule has 0 spiro atoms. The number of hydrazine groups is 1. The fraction of sp³-hybridized carbons (Fsp3) is 1.00. The van der Waals surface area contributed by atoms with Gasteiger partial charge in [-0.1, -0.05) is 0 Å². The summed E-state index contributed by atoms with van der Waals surface area (Å²) in [5.41, 5.74) is 4.50. The third-order valence-electron chi connectivity index (χ3n) is 0.276. The van der Waals surface area contributed by atoms with Gasteiger partial charge < -0.3 is 5.21 Å². The maximum Gasteiger partial charge on any atom is 0.00111 e. The van der Waals surface area contributed by atoms with E-state index in [4.69, 9.17) is 0 Å². The molecule has 0 amide bonds. The lowest BCUT2D eigenvalue weighted by atomic mass is 11.5. The van der Waals surface area contributed by atoms with Crippen LogP contribution in [0.2, 0.25) is 0 Å². The van der Waals surface area contributed by atoms with Crippen LogP contribution in [0.25, 0.3) is 0 Å². The standard InChI is InChI=1S/C2H8N3O2/c1-3-4-7-5(2)6/h3-4H,1-2H3/q-1. The summed E-state index contributed by atoms with van der Waals surface area (Å²) in [6.07, 6.45) is 0. The van der Waals surface area contributed by atoms with Crippen LogP contribution in [-0.4, -0.2) is 19.3 Å². The first kappa shape index (κ1) is 6.80. The summed E-state index contributed by atoms with van der Waals surface area (Å²) in [6.45, 7) is 0. The molecule has 0 atom stereocenters. The smallest absolute Gasteiger partial charge is 0.00111 e. The van der Waals surface area contributed by atoms with E-state index in [0.29, 0.717) is 0 Å². The number of rotatable bonds is 3. The molecule has 0 aliphatic heterocycles. The van der Waals surface area contributed by atoms with Gasteiger partial charge in [-0.15, -0.1) is 5.59 Å². The van der Waals surface area contributed by atoms with E-state index in [1.807, 2.05) is 0 Å². The second-order valence-electron chi connectivity index (χ2n) is 0.883. The summed E-state index contributed by atoms with van der Waals surface area (Å²) in [5, 5.41) is 10.1. The van der Waals surface area contributed by atoms with Gasteiger partial charge in [0.2, 0.25) is 0 Å². The molecule has 0 radical (unpaired) electrons. The summed E-state index contributed by atoms with van der Waals surface area (Å²) in [6, 6.07) is 0. The zero-order valence-corrected chi connectivity index (χ0v) is 4.26. The van der Waals surface area contributed by atoms with Crippen LogP contribution in [0.1, 0.15) is 0 Å². The highest BCUT2D eigenvalue weighted by molar-refractivity contribution is 4.19. The fourth-order valence-electron chi connectivity index (χ4n) is 0.110. The zero-order chi connectivity index (χ0) is 5.70. The largest absolute Gasteiger partial charge is 0.761 e. The van der Waals surface area contributed by atoms with Crippen molar-refractivity contribution < 1.29 is 4.94 Å². The third kappa shape index (κ3) is 5.80. The predicted octanol–water partition coefficient (Wildman–Crippen LogP) is -1.01. The van der Waals surface area contributed by atoms with Crippen LogP contribution in [0.5, 0.6) is 0 Å². The molecule has 0 aromatic carbocycles. The van der Waals surface area contributed by atoms with Gasteiger partial charge in [-0.3, -0.25) is 0 Å². The van der Waals surface area contributed by atoms with Crippen molar-refractivity contribution in [2.75, 3.05) is 14.1 Å². The minimum atomic E-state index is 0.288. The predicted molar refractivity (Wildman–Crippen MR) is 24.4 cm³/mol. The van der Waals surface area contributed by atoms with Gasteiger partial charge in [-0.25, -0.2) is 15.6 Å². The van der Waals surface area contributed by atoms with Crippen molar-refractivity contribution in [1.82, 2.24) is 16.2 Å². The summed E-state index contributed by atoms with van der Waals surface area (Å²) in [4.78, 5) is 4.11. The first-order valence-electron chi connectivity index (χ1n) is 1.77. The zero-order valence-electron chi connectivity index (χ0n) is 4.26. The summed E-state index contributed by atoms with van der Waals surface area (Å²) < 4.78 is 0. The van der Waals surface area contributed by atoms with Crippen LogP contribution in [0.15, 0.2) is 0 Å². The molecular weight excluding hydrogens is 98.0 g/mol. The molecule has 0 aromatic heterocycles. The van der Waals surface area contributed by atoms with Gasteiger partial charge >= 0.3 is 0 Å². The molecule has 0 heterocycles. The van der Waals surface area contributed by atoms with Crippen LogP contribution in [0.3, 0.4) is 0 Å². The lowest BCUT2D eigenvalue weighted by Crippen LogP contribution is -2.32. The van der Waals surface area contributed by atoms with Gasteiger partial charge in [-0.05, 0) is 0 Å². The molecular formula is C2H8N3O2-. The van der Waals surface area contributed by atoms with E-state index in [-0.39, 0.29) is 5.23 Å². The van der Waals surface area contributed by atoms with Gasteiger partial charge in [0.15, 0.2) is 0 Å². The highest BCUT2D eigenvalue weighted by Crippen LogP contribution is 1.67. The molecule has 0 saturated carbocycles. The molecule has 0 fully saturated rings. The summed E-state index contributed by atoms with van der Waals surface area (Å²) in [5.74, 6) is 0. The Hall–Kier alpha value is -0.200. The molecule has 7 heavy (non-hydrogen) atoms. The number of hydrogen-bond donors (Lipinski definition) is 2. The van der Waals surface area contributed by atoms with Crippen molar-refractivity contribution in [2.24, 2.45) is 0 Å². The molecule has 0 aliphatic rings. The van der Waals surface area contributed by atoms with Crippen LogP contribution in [0, 0.1) is 5.21 Å². The van der Waals surface area contributed by atoms with E-state index in [0.717, 1.165) is 0 Å². The average molecular weight is 106 g/mol. The SMILES string of the molecule is CNNON(C)[O-]. The van der Waals surface area contributed by atoms with E-state index < -0.39 is 0 Å². The van der Waals surface area contributed by atoms with E-state index >= 15 is 0 Å². The van der Waals surface area contributed by atoms with E-state index in [1.54, 1.807) is 7.05 Å². The second-order valence-corrected chi connectivity index (χ2v) is 0.883. The van der Waals surface area contributed by atoms with Crippen molar-refractivity contribution >= 4 is 0 Å². The average Bonchev–Trinajstić information content (AvgIpc) is 1.61. The number of hydroxylamine groups is 2. The molecule has 0 saturated heterocycles. The van der Waals surface area contributed by atoms with Crippen LogP contribution in [-0.2, 0) is 4.94 Å². The maximum absolute atomic E-state index is 9.79. The second kappa shape index (κ2) is 3.97. The lowest BCUT2D eigenvalue weighted by molar-refractivity contribution is -0.174. The monoisotopic (exact) mass is 106 g/mol. The van der Waals surface area contributed by atoms with Gasteiger partial charge in [0.05, 0.1) is 0 Å². The van der Waals surface area contributed by atoms with Crippen LogP contribution >= 0.6 is 0 Å². The molecule has 0 aliphatic carbocycles. The first-order valence-corrected chi connectivity index (χ1v) is 1.77. The minimum Gasteiger partial charge on any atom is -0.761 e. The molecule has 0 unspecified atom stereocenters. The van der Waals surface area contributed by atoms with E-state index in [9.17, 15) is 5.21 Å². The Labute approximate surface area is 41.7 Å². The summed E-state index contributed by atoms with van der Waals surface area (Å²) in [7, 11) is 2.81. The molecule has 0 aromatic rings. The Kier molecular flexibility index (Phi) is 3.86. The quantitative estimate of drug-likeness (QED) is 0.451. The van der Waals surface area contributed by atoms with Crippen molar-refractivity contribution in [1.29, 1.82) is 0 Å². The number of nitrogens with one attached hydrogen (secondary N) is 2. The molecule has 0 rings (SSSR count). The van der Waals surface area contributed by atoms with Crippen molar-refractivity contribution in [3.8, 4) is 0 Å². The Morgan fingerprint density at radius 1 is 1.71 bits per heavy atom. The highest BCUT2D eigenvalue weighted by Gasteiger charge is 1.72. The molecule has 5 heteroatoms. The van der Waals surface area contributed by atoms with Crippen LogP contribution < -0.4 is 11.0 Å². The Bertz CT molecular complexity index is 39.9. The first-order chi connectivity index (χ1) is 3.27. The van der Waals surface area contributed by atoms with Gasteiger partial charge in [0, 0.05) is 14.1 Å². The van der Waals surface area contributed by atoms with Gasteiger partial charge in [0.1, 0.15) is 0 Å². The van der Waals surface area contributed by atoms with Crippen molar-refractivity contribution in [3.05, 3.63) is 5.21 Å². The Balaban J connectivity index is 2.68. The molecule has 5 nitrogen and oxygen atoms in total. The Morgan fingerprint density at radius 3 is 2.43 bits per heavy atom. The minimum absolute atomic E-state index is 0.288. The van der Waals surface area contributed by atoms with Crippen molar-refractivity contribution in [3.63, 3.8) is 0 Å². The third-order valence-corrected chi connectivity index (χ3v) is 0.276. The van der Waals surface area contributed by atoms with E-state index in [2.05, 4.69) is 16.0 Å². The number of hydrogen-bond acceptors (Lipinski definition) is 5. The van der Waals surface area contributed by atoms with E-state index in [1.165, 1.54) is 7.05 Å². The lowest BCUT2D eigenvalue weighted by Gasteiger charge is -2.19. The number of nitrogens with zero attached hydrogens (tertiary/aromatic N) is 1. The molecule has 44 valence electrons. The van der Waals surface area contributed by atoms with Crippen molar-refractivity contribution in [2.45, 2.75) is 0 Å². The highest BCUT2D eigenvalue weighted by atomic mass is 17.0. The summed E-state index contributed by atoms with van der Waals surface area (Å²) >= 11 is 0.